The fourth-order valence-electron chi connectivity index (χ4n) is 2.63. The highest BCUT2D eigenvalue weighted by Gasteiger charge is 2.25. The lowest BCUT2D eigenvalue weighted by atomic mass is 9.81. The predicted molar refractivity (Wildman–Crippen MR) is 72.7 cm³/mol. The van der Waals surface area contributed by atoms with Gasteiger partial charge >= 0.3 is 0 Å². The molecule has 0 spiro atoms. The second-order valence-electron chi connectivity index (χ2n) is 5.26. The highest BCUT2D eigenvalue weighted by molar-refractivity contribution is 5.78. The quantitative estimate of drug-likeness (QED) is 0.876. The van der Waals surface area contributed by atoms with Crippen molar-refractivity contribution in [2.45, 2.75) is 32.2 Å². The zero-order valence-electron chi connectivity index (χ0n) is 11.1. The minimum Gasteiger partial charge on any atom is -0.352 e. The van der Waals surface area contributed by atoms with Crippen LogP contribution in [0.3, 0.4) is 0 Å². The van der Waals surface area contributed by atoms with Crippen LogP contribution in [0.4, 0.5) is 4.39 Å². The van der Waals surface area contributed by atoms with Crippen LogP contribution in [0.5, 0.6) is 0 Å². The predicted octanol–water partition coefficient (Wildman–Crippen LogP) is 2.21. The molecule has 0 aliphatic heterocycles. The van der Waals surface area contributed by atoms with Crippen LogP contribution in [0.15, 0.2) is 24.3 Å². The van der Waals surface area contributed by atoms with Gasteiger partial charge in [-0.25, -0.2) is 4.39 Å². The summed E-state index contributed by atoms with van der Waals surface area (Å²) in [5, 5.41) is 2.83. The second kappa shape index (κ2) is 6.66. The molecule has 3 N–H and O–H groups in total. The topological polar surface area (TPSA) is 55.1 Å². The van der Waals surface area contributed by atoms with Gasteiger partial charge in [0.15, 0.2) is 0 Å². The Kier molecular flexibility index (Phi) is 4.91. The SMILES string of the molecule is NCC1CCC(C(=O)NCc2ccccc2F)CC1. The Hall–Kier alpha value is -1.42. The lowest BCUT2D eigenvalue weighted by molar-refractivity contribution is -0.126. The van der Waals surface area contributed by atoms with Crippen LogP contribution in [0.1, 0.15) is 31.2 Å². The number of halogens is 1. The summed E-state index contributed by atoms with van der Waals surface area (Å²) >= 11 is 0. The molecule has 0 saturated heterocycles. The Labute approximate surface area is 113 Å². The smallest absolute Gasteiger partial charge is 0.223 e. The van der Waals surface area contributed by atoms with Crippen molar-refractivity contribution in [2.24, 2.45) is 17.6 Å². The fraction of sp³-hybridized carbons (Fsp3) is 0.533. The molecule has 1 aliphatic carbocycles. The van der Waals surface area contributed by atoms with Crippen molar-refractivity contribution in [1.29, 1.82) is 0 Å². The number of rotatable bonds is 4. The number of amides is 1. The Morgan fingerprint density at radius 2 is 1.95 bits per heavy atom. The van der Waals surface area contributed by atoms with E-state index in [1.165, 1.54) is 6.07 Å². The van der Waals surface area contributed by atoms with Crippen LogP contribution < -0.4 is 11.1 Å². The molecule has 1 aromatic rings. The molecule has 1 fully saturated rings. The molecule has 0 aromatic heterocycles. The minimum absolute atomic E-state index is 0.0405. The van der Waals surface area contributed by atoms with Crippen LogP contribution in [0.2, 0.25) is 0 Å². The first-order chi connectivity index (χ1) is 9.20. The summed E-state index contributed by atoms with van der Waals surface area (Å²) in [5.41, 5.74) is 6.17. The summed E-state index contributed by atoms with van der Waals surface area (Å²) in [4.78, 5) is 12.0. The second-order valence-corrected chi connectivity index (χ2v) is 5.26. The number of carbonyl (C=O) groups excluding carboxylic acids is 1. The summed E-state index contributed by atoms with van der Waals surface area (Å²) in [6.45, 7) is 0.978. The fourth-order valence-corrected chi connectivity index (χ4v) is 2.63. The first-order valence-electron chi connectivity index (χ1n) is 6.92. The largest absolute Gasteiger partial charge is 0.352 e. The molecule has 1 aliphatic rings. The van der Waals surface area contributed by atoms with Gasteiger partial charge in [-0.05, 0) is 44.2 Å². The molecule has 3 nitrogen and oxygen atoms in total. The zero-order chi connectivity index (χ0) is 13.7. The molecule has 0 bridgehead atoms. The molecular weight excluding hydrogens is 243 g/mol. The van der Waals surface area contributed by atoms with E-state index in [1.54, 1.807) is 18.2 Å². The van der Waals surface area contributed by atoms with Crippen molar-refractivity contribution < 1.29 is 9.18 Å². The van der Waals surface area contributed by atoms with Gasteiger partial charge in [-0.15, -0.1) is 0 Å². The Balaban J connectivity index is 1.81. The van der Waals surface area contributed by atoms with Gasteiger partial charge in [-0.1, -0.05) is 18.2 Å². The van der Waals surface area contributed by atoms with Crippen molar-refractivity contribution in [3.8, 4) is 0 Å². The molecule has 19 heavy (non-hydrogen) atoms. The van der Waals surface area contributed by atoms with E-state index in [9.17, 15) is 9.18 Å². The standard InChI is InChI=1S/C15H21FN2O/c16-14-4-2-1-3-13(14)10-18-15(19)12-7-5-11(9-17)6-8-12/h1-4,11-12H,5-10,17H2,(H,18,19). The molecule has 0 radical (unpaired) electrons. The molecule has 4 heteroatoms. The normalized spacial score (nSPS) is 23.1. The summed E-state index contributed by atoms with van der Waals surface area (Å²) < 4.78 is 13.4. The third-order valence-electron chi connectivity index (χ3n) is 3.96. The Bertz CT molecular complexity index is 428. The number of hydrogen-bond donors (Lipinski definition) is 2. The van der Waals surface area contributed by atoms with Crippen LogP contribution in [-0.2, 0) is 11.3 Å². The van der Waals surface area contributed by atoms with Gasteiger partial charge in [-0.2, -0.15) is 0 Å². The van der Waals surface area contributed by atoms with Gasteiger partial charge in [0.05, 0.1) is 0 Å². The van der Waals surface area contributed by atoms with Gasteiger partial charge in [-0.3, -0.25) is 4.79 Å². The van der Waals surface area contributed by atoms with Crippen LogP contribution in [0.25, 0.3) is 0 Å². The maximum atomic E-state index is 13.4. The summed E-state index contributed by atoms with van der Waals surface area (Å²) in [5.74, 6) is 0.401. The van der Waals surface area contributed by atoms with Crippen molar-refractivity contribution >= 4 is 5.91 Å². The summed E-state index contributed by atoms with van der Waals surface area (Å²) in [6.07, 6.45) is 3.83. The number of carbonyl (C=O) groups is 1. The Morgan fingerprint density at radius 1 is 1.26 bits per heavy atom. The maximum absolute atomic E-state index is 13.4. The van der Waals surface area contributed by atoms with Crippen molar-refractivity contribution in [1.82, 2.24) is 5.32 Å². The van der Waals surface area contributed by atoms with E-state index in [1.807, 2.05) is 0 Å². The van der Waals surface area contributed by atoms with Gasteiger partial charge < -0.3 is 11.1 Å². The first kappa shape index (κ1) is 14.0. The van der Waals surface area contributed by atoms with Crippen molar-refractivity contribution in [3.63, 3.8) is 0 Å². The number of nitrogens with two attached hydrogens (primary N) is 1. The first-order valence-corrected chi connectivity index (χ1v) is 6.92. The Morgan fingerprint density at radius 3 is 2.58 bits per heavy atom. The van der Waals surface area contributed by atoms with E-state index >= 15 is 0 Å². The molecule has 0 atom stereocenters. The van der Waals surface area contributed by atoms with Crippen LogP contribution >= 0.6 is 0 Å². The van der Waals surface area contributed by atoms with E-state index in [2.05, 4.69) is 5.32 Å². The third-order valence-corrected chi connectivity index (χ3v) is 3.96. The van der Waals surface area contributed by atoms with E-state index in [0.717, 1.165) is 25.7 Å². The van der Waals surface area contributed by atoms with E-state index in [0.29, 0.717) is 18.0 Å². The third kappa shape index (κ3) is 3.77. The maximum Gasteiger partial charge on any atom is 0.223 e. The molecule has 104 valence electrons. The lowest BCUT2D eigenvalue weighted by Crippen LogP contribution is -2.34. The van der Waals surface area contributed by atoms with Crippen molar-refractivity contribution in [3.05, 3.63) is 35.6 Å². The van der Waals surface area contributed by atoms with Gasteiger partial charge in [0.1, 0.15) is 5.82 Å². The molecule has 2 rings (SSSR count). The lowest BCUT2D eigenvalue weighted by Gasteiger charge is -2.26. The summed E-state index contributed by atoms with van der Waals surface area (Å²) in [6, 6.07) is 6.53. The van der Waals surface area contributed by atoms with E-state index < -0.39 is 0 Å². The molecule has 1 amide bonds. The highest BCUT2D eigenvalue weighted by atomic mass is 19.1. The monoisotopic (exact) mass is 264 g/mol. The van der Waals surface area contributed by atoms with Crippen molar-refractivity contribution in [2.75, 3.05) is 6.54 Å². The molecule has 0 heterocycles. The summed E-state index contributed by atoms with van der Waals surface area (Å²) in [7, 11) is 0. The average molecular weight is 264 g/mol. The number of nitrogens with one attached hydrogen (secondary N) is 1. The number of hydrogen-bond acceptors (Lipinski definition) is 2. The average Bonchev–Trinajstić information content (AvgIpc) is 2.46. The van der Waals surface area contributed by atoms with Crippen LogP contribution in [-0.4, -0.2) is 12.5 Å². The van der Waals surface area contributed by atoms with E-state index in [4.69, 9.17) is 5.73 Å². The zero-order valence-corrected chi connectivity index (χ0v) is 11.1. The van der Waals surface area contributed by atoms with E-state index in [-0.39, 0.29) is 24.2 Å². The molecule has 1 aromatic carbocycles. The molecule has 1 saturated carbocycles. The van der Waals surface area contributed by atoms with Crippen LogP contribution in [0, 0.1) is 17.7 Å². The van der Waals surface area contributed by atoms with Gasteiger partial charge in [0, 0.05) is 18.0 Å². The highest BCUT2D eigenvalue weighted by Crippen LogP contribution is 2.28. The molecule has 0 unspecified atom stereocenters. The molecular formula is C15H21FN2O. The van der Waals surface area contributed by atoms with Gasteiger partial charge in [0.2, 0.25) is 5.91 Å². The minimum atomic E-state index is -0.269. The number of benzene rings is 1. The van der Waals surface area contributed by atoms with Gasteiger partial charge in [0.25, 0.3) is 0 Å².